The van der Waals surface area contributed by atoms with E-state index >= 15 is 0 Å². The van der Waals surface area contributed by atoms with Crippen LogP contribution >= 0.6 is 0 Å². The number of rotatable bonds is 6. The molecule has 1 amide bonds. The average Bonchev–Trinajstić information content (AvgIpc) is 3.11. The first-order valence-corrected chi connectivity index (χ1v) is 7.54. The molecule has 0 saturated heterocycles. The summed E-state index contributed by atoms with van der Waals surface area (Å²) in [5.41, 5.74) is 1.03. The van der Waals surface area contributed by atoms with Gasteiger partial charge in [0.05, 0.1) is 4.92 Å². The third-order valence-electron chi connectivity index (χ3n) is 3.44. The highest BCUT2D eigenvalue weighted by molar-refractivity contribution is 5.94. The van der Waals surface area contributed by atoms with Gasteiger partial charge >= 0.3 is 0 Å². The molecule has 2 aromatic carbocycles. The molecule has 0 aliphatic rings. The van der Waals surface area contributed by atoms with Gasteiger partial charge in [-0.2, -0.15) is 4.98 Å². The van der Waals surface area contributed by atoms with E-state index in [-0.39, 0.29) is 17.4 Å². The standard InChI is InChI=1S/C17H14N4O4/c22-17(12-5-2-1-3-6-12)18-10-9-15-19-16(20-25-15)13-7-4-8-14(11-13)21(23)24/h1-8,11H,9-10H2,(H,18,22). The molecule has 0 fully saturated rings. The van der Waals surface area contributed by atoms with Gasteiger partial charge in [-0.1, -0.05) is 35.5 Å². The van der Waals surface area contributed by atoms with Crippen molar-refractivity contribution in [1.82, 2.24) is 15.5 Å². The molecule has 0 atom stereocenters. The Hall–Kier alpha value is -3.55. The summed E-state index contributed by atoms with van der Waals surface area (Å²) in [4.78, 5) is 26.5. The number of benzene rings is 2. The molecule has 126 valence electrons. The lowest BCUT2D eigenvalue weighted by atomic mass is 10.2. The molecular formula is C17H14N4O4. The van der Waals surface area contributed by atoms with Crippen molar-refractivity contribution >= 4 is 11.6 Å². The van der Waals surface area contributed by atoms with Gasteiger partial charge in [-0.3, -0.25) is 14.9 Å². The second-order valence-electron chi connectivity index (χ2n) is 5.19. The van der Waals surface area contributed by atoms with Crippen LogP contribution in [0.15, 0.2) is 59.1 Å². The number of non-ortho nitro benzene ring substituents is 1. The molecule has 0 unspecified atom stereocenters. The van der Waals surface area contributed by atoms with Crippen LogP contribution in [0, 0.1) is 10.1 Å². The molecule has 25 heavy (non-hydrogen) atoms. The normalized spacial score (nSPS) is 10.4. The molecule has 0 radical (unpaired) electrons. The van der Waals surface area contributed by atoms with E-state index in [4.69, 9.17) is 4.52 Å². The maximum absolute atomic E-state index is 11.9. The molecule has 1 heterocycles. The van der Waals surface area contributed by atoms with Gasteiger partial charge in [0.15, 0.2) is 0 Å². The number of aromatic nitrogens is 2. The van der Waals surface area contributed by atoms with Gasteiger partial charge in [0.1, 0.15) is 0 Å². The lowest BCUT2D eigenvalue weighted by Gasteiger charge is -2.02. The molecule has 0 aliphatic carbocycles. The monoisotopic (exact) mass is 338 g/mol. The van der Waals surface area contributed by atoms with E-state index in [0.717, 1.165) is 0 Å². The van der Waals surface area contributed by atoms with Crippen molar-refractivity contribution in [3.8, 4) is 11.4 Å². The molecule has 1 aromatic heterocycles. The van der Waals surface area contributed by atoms with Gasteiger partial charge in [0.25, 0.3) is 11.6 Å². The van der Waals surface area contributed by atoms with Crippen LogP contribution in [0.25, 0.3) is 11.4 Å². The molecule has 0 saturated carbocycles. The highest BCUT2D eigenvalue weighted by atomic mass is 16.6. The third kappa shape index (κ3) is 4.05. The number of nitrogens with one attached hydrogen (secondary N) is 1. The summed E-state index contributed by atoms with van der Waals surface area (Å²) in [6.07, 6.45) is 0.362. The minimum Gasteiger partial charge on any atom is -0.352 e. The van der Waals surface area contributed by atoms with E-state index in [1.807, 2.05) is 6.07 Å². The van der Waals surface area contributed by atoms with Crippen LogP contribution in [0.2, 0.25) is 0 Å². The molecule has 0 spiro atoms. The van der Waals surface area contributed by atoms with Gasteiger partial charge in [0, 0.05) is 36.2 Å². The lowest BCUT2D eigenvalue weighted by molar-refractivity contribution is -0.384. The molecule has 1 N–H and O–H groups in total. The molecule has 3 aromatic rings. The second-order valence-corrected chi connectivity index (χ2v) is 5.19. The van der Waals surface area contributed by atoms with Crippen molar-refractivity contribution < 1.29 is 14.2 Å². The van der Waals surface area contributed by atoms with Crippen LogP contribution in [0.1, 0.15) is 16.2 Å². The quantitative estimate of drug-likeness (QED) is 0.546. The molecule has 0 aliphatic heterocycles. The number of nitro groups is 1. The highest BCUT2D eigenvalue weighted by Gasteiger charge is 2.13. The lowest BCUT2D eigenvalue weighted by Crippen LogP contribution is -2.25. The highest BCUT2D eigenvalue weighted by Crippen LogP contribution is 2.21. The first kappa shape index (κ1) is 16.3. The molecule has 0 bridgehead atoms. The van der Waals surface area contributed by atoms with Crippen molar-refractivity contribution in [3.05, 3.63) is 76.2 Å². The molecular weight excluding hydrogens is 324 g/mol. The van der Waals surface area contributed by atoms with Crippen LogP contribution in [0.3, 0.4) is 0 Å². The fraction of sp³-hybridized carbons (Fsp3) is 0.118. The Morgan fingerprint density at radius 2 is 1.96 bits per heavy atom. The van der Waals surface area contributed by atoms with Crippen LogP contribution < -0.4 is 5.32 Å². The van der Waals surface area contributed by atoms with E-state index < -0.39 is 4.92 Å². The van der Waals surface area contributed by atoms with Crippen LogP contribution in [0.5, 0.6) is 0 Å². The maximum Gasteiger partial charge on any atom is 0.270 e. The number of nitro benzene ring substituents is 1. The van der Waals surface area contributed by atoms with E-state index in [9.17, 15) is 14.9 Å². The zero-order valence-electron chi connectivity index (χ0n) is 13.1. The van der Waals surface area contributed by atoms with Gasteiger partial charge in [-0.15, -0.1) is 0 Å². The number of amides is 1. The summed E-state index contributed by atoms with van der Waals surface area (Å²) >= 11 is 0. The third-order valence-corrected chi connectivity index (χ3v) is 3.44. The van der Waals surface area contributed by atoms with Crippen molar-refractivity contribution in [3.63, 3.8) is 0 Å². The summed E-state index contributed by atoms with van der Waals surface area (Å²) in [5.74, 6) is 0.432. The fourth-order valence-electron chi connectivity index (χ4n) is 2.21. The number of hydrogen-bond acceptors (Lipinski definition) is 6. The Kier molecular flexibility index (Phi) is 4.79. The second kappa shape index (κ2) is 7.35. The Bertz CT molecular complexity index is 892. The zero-order chi connectivity index (χ0) is 17.6. The molecule has 3 rings (SSSR count). The predicted octanol–water partition coefficient (Wildman–Crippen LogP) is 2.62. The Balaban J connectivity index is 1.60. The summed E-state index contributed by atoms with van der Waals surface area (Å²) in [5, 5.41) is 17.4. The minimum absolute atomic E-state index is 0.0426. The molecule has 8 heteroatoms. The van der Waals surface area contributed by atoms with Crippen LogP contribution in [0.4, 0.5) is 5.69 Å². The van der Waals surface area contributed by atoms with Crippen molar-refractivity contribution in [2.75, 3.05) is 6.54 Å². The zero-order valence-corrected chi connectivity index (χ0v) is 13.1. The number of carbonyl (C=O) groups excluding carboxylic acids is 1. The number of hydrogen-bond donors (Lipinski definition) is 1. The van der Waals surface area contributed by atoms with E-state index in [0.29, 0.717) is 30.0 Å². The summed E-state index contributed by atoms with van der Waals surface area (Å²) in [6.45, 7) is 0.338. The van der Waals surface area contributed by atoms with E-state index in [1.165, 1.54) is 12.1 Å². The predicted molar refractivity (Wildman–Crippen MR) is 88.9 cm³/mol. The topological polar surface area (TPSA) is 111 Å². The van der Waals surface area contributed by atoms with Gasteiger partial charge in [-0.25, -0.2) is 0 Å². The Labute approximate surface area is 142 Å². The molecule has 8 nitrogen and oxygen atoms in total. The SMILES string of the molecule is O=C(NCCc1nc(-c2cccc([N+](=O)[O-])c2)no1)c1ccccc1. The first-order valence-electron chi connectivity index (χ1n) is 7.54. The van der Waals surface area contributed by atoms with E-state index in [2.05, 4.69) is 15.5 Å². The number of nitrogens with zero attached hydrogens (tertiary/aromatic N) is 3. The smallest absolute Gasteiger partial charge is 0.270 e. The maximum atomic E-state index is 11.9. The van der Waals surface area contributed by atoms with Gasteiger partial charge in [-0.05, 0) is 12.1 Å². The first-order chi connectivity index (χ1) is 12.1. The largest absolute Gasteiger partial charge is 0.352 e. The van der Waals surface area contributed by atoms with Gasteiger partial charge < -0.3 is 9.84 Å². The van der Waals surface area contributed by atoms with Crippen LogP contribution in [-0.2, 0) is 6.42 Å². The Morgan fingerprint density at radius 1 is 1.16 bits per heavy atom. The average molecular weight is 338 g/mol. The van der Waals surface area contributed by atoms with Crippen LogP contribution in [-0.4, -0.2) is 27.5 Å². The summed E-state index contributed by atoms with van der Waals surface area (Å²) in [6, 6.07) is 14.9. The minimum atomic E-state index is -0.483. The fourth-order valence-corrected chi connectivity index (χ4v) is 2.21. The van der Waals surface area contributed by atoms with Gasteiger partial charge in [0.2, 0.25) is 11.7 Å². The number of carbonyl (C=O) groups is 1. The van der Waals surface area contributed by atoms with Crippen molar-refractivity contribution in [2.24, 2.45) is 0 Å². The Morgan fingerprint density at radius 3 is 2.72 bits per heavy atom. The van der Waals surface area contributed by atoms with E-state index in [1.54, 1.807) is 36.4 Å². The summed E-state index contributed by atoms with van der Waals surface area (Å²) in [7, 11) is 0. The summed E-state index contributed by atoms with van der Waals surface area (Å²) < 4.78 is 5.12. The van der Waals surface area contributed by atoms with Crippen molar-refractivity contribution in [1.29, 1.82) is 0 Å². The van der Waals surface area contributed by atoms with Crippen molar-refractivity contribution in [2.45, 2.75) is 6.42 Å².